The van der Waals surface area contributed by atoms with Crippen LogP contribution in [0.3, 0.4) is 0 Å². The van der Waals surface area contributed by atoms with Crippen LogP contribution in [-0.2, 0) is 12.8 Å². The Bertz CT molecular complexity index is 545. The molecular formula is C16H18BrFN2. The molecular weight excluding hydrogens is 319 g/mol. The van der Waals surface area contributed by atoms with E-state index >= 15 is 0 Å². The molecule has 1 N–H and O–H groups in total. The van der Waals surface area contributed by atoms with Crippen LogP contribution in [0.1, 0.15) is 17.5 Å². The van der Waals surface area contributed by atoms with Crippen molar-refractivity contribution in [1.29, 1.82) is 0 Å². The number of aryl methyl sites for hydroxylation is 1. The van der Waals surface area contributed by atoms with Crippen molar-refractivity contribution in [2.75, 3.05) is 7.05 Å². The number of nitrogens with one attached hydrogen (secondary N) is 1. The van der Waals surface area contributed by atoms with Crippen LogP contribution in [0.4, 0.5) is 4.39 Å². The SMILES string of the molecule is CNC(CCc1ccncc1)Cc1ccc(Br)cc1F. The summed E-state index contributed by atoms with van der Waals surface area (Å²) in [5.74, 6) is -0.150. The molecule has 0 amide bonds. The van der Waals surface area contributed by atoms with Crippen LogP contribution in [0, 0.1) is 5.82 Å². The Morgan fingerprint density at radius 3 is 2.65 bits per heavy atom. The average Bonchev–Trinajstić information content (AvgIpc) is 2.46. The quantitative estimate of drug-likeness (QED) is 0.868. The minimum Gasteiger partial charge on any atom is -0.317 e. The lowest BCUT2D eigenvalue weighted by molar-refractivity contribution is 0.504. The Labute approximate surface area is 127 Å². The van der Waals surface area contributed by atoms with E-state index in [0.717, 1.165) is 22.9 Å². The van der Waals surface area contributed by atoms with E-state index in [4.69, 9.17) is 0 Å². The third kappa shape index (κ3) is 4.39. The molecule has 0 fully saturated rings. The average molecular weight is 337 g/mol. The van der Waals surface area contributed by atoms with Crippen molar-refractivity contribution < 1.29 is 4.39 Å². The molecule has 4 heteroatoms. The van der Waals surface area contributed by atoms with Gasteiger partial charge in [0, 0.05) is 22.9 Å². The number of aromatic nitrogens is 1. The first-order chi connectivity index (χ1) is 9.69. The van der Waals surface area contributed by atoms with Crippen molar-refractivity contribution in [2.45, 2.75) is 25.3 Å². The normalized spacial score (nSPS) is 12.3. The predicted molar refractivity (Wildman–Crippen MR) is 83.2 cm³/mol. The van der Waals surface area contributed by atoms with Gasteiger partial charge < -0.3 is 5.32 Å². The maximum absolute atomic E-state index is 13.8. The molecule has 1 aromatic heterocycles. The molecule has 1 aromatic carbocycles. The lowest BCUT2D eigenvalue weighted by Crippen LogP contribution is -2.28. The zero-order valence-corrected chi connectivity index (χ0v) is 13.0. The van der Waals surface area contributed by atoms with Gasteiger partial charge >= 0.3 is 0 Å². The third-order valence-corrected chi connectivity index (χ3v) is 3.91. The van der Waals surface area contributed by atoms with E-state index in [1.54, 1.807) is 12.4 Å². The van der Waals surface area contributed by atoms with E-state index in [-0.39, 0.29) is 11.9 Å². The van der Waals surface area contributed by atoms with Crippen LogP contribution in [0.15, 0.2) is 47.2 Å². The number of benzene rings is 1. The van der Waals surface area contributed by atoms with Crippen LogP contribution < -0.4 is 5.32 Å². The van der Waals surface area contributed by atoms with Crippen LogP contribution in [0.5, 0.6) is 0 Å². The Hall–Kier alpha value is -1.26. The van der Waals surface area contributed by atoms with E-state index in [1.807, 2.05) is 31.3 Å². The lowest BCUT2D eigenvalue weighted by atomic mass is 9.99. The van der Waals surface area contributed by atoms with Crippen molar-refractivity contribution in [3.05, 3.63) is 64.1 Å². The van der Waals surface area contributed by atoms with Gasteiger partial charge in [0.15, 0.2) is 0 Å². The Kier molecular flexibility index (Phi) is 5.68. The van der Waals surface area contributed by atoms with Crippen molar-refractivity contribution in [1.82, 2.24) is 10.3 Å². The number of likely N-dealkylation sites (N-methyl/N-ethyl adjacent to an activating group) is 1. The first kappa shape index (κ1) is 15.1. The van der Waals surface area contributed by atoms with E-state index in [0.29, 0.717) is 6.42 Å². The Morgan fingerprint density at radius 2 is 2.00 bits per heavy atom. The van der Waals surface area contributed by atoms with Gasteiger partial charge in [-0.25, -0.2) is 4.39 Å². The molecule has 0 saturated carbocycles. The topological polar surface area (TPSA) is 24.9 Å². The predicted octanol–water partition coefficient (Wildman–Crippen LogP) is 3.75. The second-order valence-corrected chi connectivity index (χ2v) is 5.74. The molecule has 0 spiro atoms. The number of rotatable bonds is 6. The van der Waals surface area contributed by atoms with Crippen LogP contribution >= 0.6 is 15.9 Å². The minimum absolute atomic E-state index is 0.150. The summed E-state index contributed by atoms with van der Waals surface area (Å²) in [6.45, 7) is 0. The molecule has 1 atom stereocenters. The zero-order valence-electron chi connectivity index (χ0n) is 11.4. The fourth-order valence-electron chi connectivity index (χ4n) is 2.19. The molecule has 0 saturated heterocycles. The highest BCUT2D eigenvalue weighted by molar-refractivity contribution is 9.10. The third-order valence-electron chi connectivity index (χ3n) is 3.42. The number of hydrogen-bond donors (Lipinski definition) is 1. The molecule has 1 unspecified atom stereocenters. The van der Waals surface area contributed by atoms with Gasteiger partial charge in [-0.3, -0.25) is 4.98 Å². The van der Waals surface area contributed by atoms with Crippen LogP contribution in [-0.4, -0.2) is 18.1 Å². The fourth-order valence-corrected chi connectivity index (χ4v) is 2.52. The maximum Gasteiger partial charge on any atom is 0.127 e. The second-order valence-electron chi connectivity index (χ2n) is 4.82. The van der Waals surface area contributed by atoms with Gasteiger partial charge in [0.05, 0.1) is 0 Å². The standard InChI is InChI=1S/C16H18BrFN2/c1-19-15(5-2-12-6-8-20-9-7-12)10-13-3-4-14(17)11-16(13)18/h3-4,6-9,11,15,19H,2,5,10H2,1H3. The smallest absolute Gasteiger partial charge is 0.127 e. The molecule has 0 aliphatic carbocycles. The Balaban J connectivity index is 1.95. The summed E-state index contributed by atoms with van der Waals surface area (Å²) in [7, 11) is 1.92. The summed E-state index contributed by atoms with van der Waals surface area (Å²) in [5.41, 5.74) is 2.01. The highest BCUT2D eigenvalue weighted by Crippen LogP contribution is 2.17. The summed E-state index contributed by atoms with van der Waals surface area (Å²) in [4.78, 5) is 4.01. The summed E-state index contributed by atoms with van der Waals surface area (Å²) in [5, 5.41) is 3.27. The number of hydrogen-bond acceptors (Lipinski definition) is 2. The van der Waals surface area contributed by atoms with Crippen molar-refractivity contribution in [2.24, 2.45) is 0 Å². The molecule has 0 aliphatic heterocycles. The van der Waals surface area contributed by atoms with Gasteiger partial charge in [0.2, 0.25) is 0 Å². The molecule has 2 rings (SSSR count). The molecule has 2 nitrogen and oxygen atoms in total. The largest absolute Gasteiger partial charge is 0.317 e. The first-order valence-electron chi connectivity index (χ1n) is 6.69. The zero-order chi connectivity index (χ0) is 14.4. The van der Waals surface area contributed by atoms with Crippen molar-refractivity contribution in [3.63, 3.8) is 0 Å². The fraction of sp³-hybridized carbons (Fsp3) is 0.312. The van der Waals surface area contributed by atoms with Gasteiger partial charge in [0.1, 0.15) is 5.82 Å². The second kappa shape index (κ2) is 7.50. The summed E-state index contributed by atoms with van der Waals surface area (Å²) in [6, 6.07) is 9.55. The van der Waals surface area contributed by atoms with Gasteiger partial charge in [-0.15, -0.1) is 0 Å². The first-order valence-corrected chi connectivity index (χ1v) is 7.48. The summed E-state index contributed by atoms with van der Waals surface area (Å²) < 4.78 is 14.6. The van der Waals surface area contributed by atoms with Gasteiger partial charge in [-0.1, -0.05) is 22.0 Å². The van der Waals surface area contributed by atoms with Crippen molar-refractivity contribution in [3.8, 4) is 0 Å². The van der Waals surface area contributed by atoms with Gasteiger partial charge in [-0.05, 0) is 61.7 Å². The molecule has 2 aromatic rings. The van der Waals surface area contributed by atoms with E-state index in [2.05, 4.69) is 26.2 Å². The van der Waals surface area contributed by atoms with E-state index in [9.17, 15) is 4.39 Å². The highest BCUT2D eigenvalue weighted by atomic mass is 79.9. The Morgan fingerprint density at radius 1 is 1.25 bits per heavy atom. The number of pyridine rings is 1. The van der Waals surface area contributed by atoms with Gasteiger partial charge in [0.25, 0.3) is 0 Å². The van der Waals surface area contributed by atoms with Crippen molar-refractivity contribution >= 4 is 15.9 Å². The molecule has 20 heavy (non-hydrogen) atoms. The maximum atomic E-state index is 13.8. The molecule has 1 heterocycles. The molecule has 0 radical (unpaired) electrons. The van der Waals surface area contributed by atoms with E-state index < -0.39 is 0 Å². The lowest BCUT2D eigenvalue weighted by Gasteiger charge is -2.16. The van der Waals surface area contributed by atoms with E-state index in [1.165, 1.54) is 11.6 Å². The monoisotopic (exact) mass is 336 g/mol. The van der Waals surface area contributed by atoms with Gasteiger partial charge in [-0.2, -0.15) is 0 Å². The van der Waals surface area contributed by atoms with Crippen LogP contribution in [0.25, 0.3) is 0 Å². The highest BCUT2D eigenvalue weighted by Gasteiger charge is 2.11. The minimum atomic E-state index is -0.150. The molecule has 0 bridgehead atoms. The number of nitrogens with zero attached hydrogens (tertiary/aromatic N) is 1. The molecule has 0 aliphatic rings. The summed E-state index contributed by atoms with van der Waals surface area (Å²) in [6.07, 6.45) is 6.24. The number of halogens is 2. The molecule has 106 valence electrons. The summed E-state index contributed by atoms with van der Waals surface area (Å²) >= 11 is 3.28. The van der Waals surface area contributed by atoms with Crippen LogP contribution in [0.2, 0.25) is 0 Å².